The third-order valence-electron chi connectivity index (χ3n) is 3.32. The number of carboxylic acid groups (broad SMARTS) is 1. The number of nitrogens with zero attached hydrogens (tertiary/aromatic N) is 1. The normalized spacial score (nSPS) is 14.8. The van der Waals surface area contributed by atoms with Crippen LogP contribution in [0.1, 0.15) is 18.9 Å². The van der Waals surface area contributed by atoms with Gasteiger partial charge < -0.3 is 15.3 Å². The summed E-state index contributed by atoms with van der Waals surface area (Å²) in [5, 5.41) is 11.8. The molecule has 7 heteroatoms. The molecule has 0 spiro atoms. The van der Waals surface area contributed by atoms with Gasteiger partial charge in [-0.2, -0.15) is 0 Å². The highest BCUT2D eigenvalue weighted by Crippen LogP contribution is 2.30. The fourth-order valence-corrected chi connectivity index (χ4v) is 2.44. The average molecular weight is 311 g/mol. The van der Waals surface area contributed by atoms with Crippen LogP contribution in [0.2, 0.25) is 5.02 Å². The molecule has 0 radical (unpaired) electrons. The molecule has 21 heavy (non-hydrogen) atoms. The number of carbonyl (C=O) groups is 3. The Labute approximate surface area is 126 Å². The van der Waals surface area contributed by atoms with E-state index in [2.05, 4.69) is 5.32 Å². The number of anilines is 1. The van der Waals surface area contributed by atoms with Crippen LogP contribution >= 0.6 is 11.6 Å². The number of hydrogen-bond donors (Lipinski definition) is 2. The van der Waals surface area contributed by atoms with Crippen molar-refractivity contribution < 1.29 is 19.5 Å². The van der Waals surface area contributed by atoms with E-state index in [1.54, 1.807) is 25.1 Å². The van der Waals surface area contributed by atoms with Crippen molar-refractivity contribution in [2.75, 3.05) is 11.4 Å². The zero-order chi connectivity index (χ0) is 15.6. The van der Waals surface area contributed by atoms with Crippen LogP contribution in [-0.4, -0.2) is 35.5 Å². The van der Waals surface area contributed by atoms with E-state index in [1.165, 1.54) is 4.90 Å². The van der Waals surface area contributed by atoms with Gasteiger partial charge in [0, 0.05) is 10.7 Å². The SMILES string of the molecule is CCC(NC(=O)CN1C(=O)Cc2cc(Cl)ccc21)C(=O)O. The van der Waals surface area contributed by atoms with Gasteiger partial charge in [0.05, 0.1) is 6.42 Å². The summed E-state index contributed by atoms with van der Waals surface area (Å²) < 4.78 is 0. The summed E-state index contributed by atoms with van der Waals surface area (Å²) in [6.07, 6.45) is 0.473. The molecule has 0 saturated carbocycles. The molecule has 2 rings (SSSR count). The van der Waals surface area contributed by atoms with Gasteiger partial charge in [0.25, 0.3) is 0 Å². The van der Waals surface area contributed by atoms with Crippen LogP contribution in [0.25, 0.3) is 0 Å². The zero-order valence-electron chi connectivity index (χ0n) is 11.4. The number of fused-ring (bicyclic) bond motifs is 1. The lowest BCUT2D eigenvalue weighted by molar-refractivity contribution is -0.141. The van der Waals surface area contributed by atoms with Gasteiger partial charge in [-0.25, -0.2) is 4.79 Å². The Kier molecular flexibility index (Phi) is 4.47. The van der Waals surface area contributed by atoms with Crippen molar-refractivity contribution in [2.24, 2.45) is 0 Å². The molecule has 112 valence electrons. The number of aliphatic carboxylic acids is 1. The molecule has 6 nitrogen and oxygen atoms in total. The molecule has 1 aliphatic heterocycles. The van der Waals surface area contributed by atoms with Gasteiger partial charge in [-0.15, -0.1) is 0 Å². The molecule has 1 aromatic rings. The molecule has 1 heterocycles. The van der Waals surface area contributed by atoms with Gasteiger partial charge in [-0.05, 0) is 30.2 Å². The first kappa shape index (κ1) is 15.3. The van der Waals surface area contributed by atoms with Crippen molar-refractivity contribution in [3.63, 3.8) is 0 Å². The quantitative estimate of drug-likeness (QED) is 0.856. The first-order valence-electron chi connectivity index (χ1n) is 6.53. The van der Waals surface area contributed by atoms with E-state index in [0.29, 0.717) is 10.7 Å². The van der Waals surface area contributed by atoms with Gasteiger partial charge >= 0.3 is 5.97 Å². The third kappa shape index (κ3) is 3.33. The highest BCUT2D eigenvalue weighted by atomic mass is 35.5. The summed E-state index contributed by atoms with van der Waals surface area (Å²) >= 11 is 5.87. The van der Waals surface area contributed by atoms with Crippen LogP contribution in [0.3, 0.4) is 0 Å². The Hall–Kier alpha value is -2.08. The minimum absolute atomic E-state index is 0.194. The Morgan fingerprint density at radius 1 is 1.48 bits per heavy atom. The lowest BCUT2D eigenvalue weighted by Gasteiger charge is -2.19. The van der Waals surface area contributed by atoms with Crippen molar-refractivity contribution in [3.05, 3.63) is 28.8 Å². The number of rotatable bonds is 5. The number of carbonyl (C=O) groups excluding carboxylic acids is 2. The molecule has 1 atom stereocenters. The summed E-state index contributed by atoms with van der Waals surface area (Å²) in [7, 11) is 0. The summed E-state index contributed by atoms with van der Waals surface area (Å²) in [5.74, 6) is -1.79. The number of hydrogen-bond acceptors (Lipinski definition) is 3. The minimum Gasteiger partial charge on any atom is -0.480 e. The van der Waals surface area contributed by atoms with Gasteiger partial charge in [-0.1, -0.05) is 18.5 Å². The van der Waals surface area contributed by atoms with E-state index in [4.69, 9.17) is 16.7 Å². The number of amides is 2. The lowest BCUT2D eigenvalue weighted by Crippen LogP contribution is -2.46. The predicted octanol–water partition coefficient (Wildman–Crippen LogP) is 1.21. The molecule has 0 fully saturated rings. The average Bonchev–Trinajstić information content (AvgIpc) is 2.71. The second-order valence-corrected chi connectivity index (χ2v) is 5.23. The summed E-state index contributed by atoms with van der Waals surface area (Å²) in [4.78, 5) is 36.1. The van der Waals surface area contributed by atoms with Gasteiger partial charge in [0.1, 0.15) is 12.6 Å². The molecule has 1 aliphatic rings. The maximum atomic E-state index is 12.0. The molecular weight excluding hydrogens is 296 g/mol. The van der Waals surface area contributed by atoms with E-state index < -0.39 is 17.9 Å². The number of halogens is 1. The second kappa shape index (κ2) is 6.13. The van der Waals surface area contributed by atoms with Gasteiger partial charge in [0.2, 0.25) is 11.8 Å². The highest BCUT2D eigenvalue weighted by molar-refractivity contribution is 6.31. The van der Waals surface area contributed by atoms with E-state index in [1.807, 2.05) is 0 Å². The minimum atomic E-state index is -1.09. The molecule has 1 unspecified atom stereocenters. The van der Waals surface area contributed by atoms with E-state index in [9.17, 15) is 14.4 Å². The molecule has 0 aliphatic carbocycles. The molecule has 0 aromatic heterocycles. The fourth-order valence-electron chi connectivity index (χ4n) is 2.25. The first-order valence-corrected chi connectivity index (χ1v) is 6.91. The van der Waals surface area contributed by atoms with Crippen molar-refractivity contribution in [3.8, 4) is 0 Å². The van der Waals surface area contributed by atoms with Crippen molar-refractivity contribution in [1.29, 1.82) is 0 Å². The fraction of sp³-hybridized carbons (Fsp3) is 0.357. The molecule has 0 bridgehead atoms. The predicted molar refractivity (Wildman–Crippen MR) is 77.4 cm³/mol. The first-order chi connectivity index (χ1) is 9.92. The van der Waals surface area contributed by atoms with Crippen LogP contribution < -0.4 is 10.2 Å². The maximum Gasteiger partial charge on any atom is 0.326 e. The van der Waals surface area contributed by atoms with Crippen molar-refractivity contribution in [2.45, 2.75) is 25.8 Å². The Morgan fingerprint density at radius 3 is 2.81 bits per heavy atom. The summed E-state index contributed by atoms with van der Waals surface area (Å²) in [6, 6.07) is 4.08. The van der Waals surface area contributed by atoms with E-state index in [0.717, 1.165) is 5.56 Å². The van der Waals surface area contributed by atoms with Gasteiger partial charge in [-0.3, -0.25) is 9.59 Å². The number of nitrogens with one attached hydrogen (secondary N) is 1. The van der Waals surface area contributed by atoms with Crippen LogP contribution in [0.15, 0.2) is 18.2 Å². The Balaban J connectivity index is 2.08. The number of carboxylic acids is 1. The smallest absolute Gasteiger partial charge is 0.326 e. The Morgan fingerprint density at radius 2 is 2.19 bits per heavy atom. The molecular formula is C14H15ClN2O4. The van der Waals surface area contributed by atoms with Crippen LogP contribution in [0.4, 0.5) is 5.69 Å². The Bertz CT molecular complexity index is 603. The monoisotopic (exact) mass is 310 g/mol. The molecule has 2 N–H and O–H groups in total. The topological polar surface area (TPSA) is 86.7 Å². The molecule has 2 amide bonds. The van der Waals surface area contributed by atoms with Crippen LogP contribution in [-0.2, 0) is 20.8 Å². The van der Waals surface area contributed by atoms with Crippen LogP contribution in [0.5, 0.6) is 0 Å². The van der Waals surface area contributed by atoms with Crippen LogP contribution in [0, 0.1) is 0 Å². The largest absolute Gasteiger partial charge is 0.480 e. The van der Waals surface area contributed by atoms with Crippen molar-refractivity contribution in [1.82, 2.24) is 5.32 Å². The van der Waals surface area contributed by atoms with Crippen molar-refractivity contribution >= 4 is 35.1 Å². The van der Waals surface area contributed by atoms with Gasteiger partial charge in [0.15, 0.2) is 0 Å². The maximum absolute atomic E-state index is 12.0. The standard InChI is InChI=1S/C14H15ClN2O4/c1-2-10(14(20)21)16-12(18)7-17-11-4-3-9(15)5-8(11)6-13(17)19/h3-5,10H,2,6-7H2,1H3,(H,16,18)(H,20,21). The lowest BCUT2D eigenvalue weighted by atomic mass is 10.2. The zero-order valence-corrected chi connectivity index (χ0v) is 12.2. The summed E-state index contributed by atoms with van der Waals surface area (Å²) in [5.41, 5.74) is 1.41. The number of benzene rings is 1. The highest BCUT2D eigenvalue weighted by Gasteiger charge is 2.29. The third-order valence-corrected chi connectivity index (χ3v) is 3.55. The second-order valence-electron chi connectivity index (χ2n) is 4.80. The summed E-state index contributed by atoms with van der Waals surface area (Å²) in [6.45, 7) is 1.47. The molecule has 1 aromatic carbocycles. The molecule has 0 saturated heterocycles. The van der Waals surface area contributed by atoms with E-state index in [-0.39, 0.29) is 25.3 Å². The van der Waals surface area contributed by atoms with E-state index >= 15 is 0 Å².